The molecule has 1 heterocycles. The normalized spacial score (nSPS) is 10.3. The minimum absolute atomic E-state index is 0.546. The van der Waals surface area contributed by atoms with Gasteiger partial charge in [-0.1, -0.05) is 48.5 Å². The molecule has 0 radical (unpaired) electrons. The quantitative estimate of drug-likeness (QED) is 0.766. The van der Waals surface area contributed by atoms with Gasteiger partial charge in [0.15, 0.2) is 0 Å². The molecule has 0 fully saturated rings. The molecule has 3 N–H and O–H groups in total. The summed E-state index contributed by atoms with van der Waals surface area (Å²) in [5.74, 6) is 0.546. The lowest BCUT2D eigenvalue weighted by Gasteiger charge is -2.11. The van der Waals surface area contributed by atoms with Crippen LogP contribution in [0.5, 0.6) is 0 Å². The van der Waals surface area contributed by atoms with Crippen LogP contribution in [0.3, 0.4) is 0 Å². The van der Waals surface area contributed by atoms with E-state index < -0.39 is 0 Å². The minimum Gasteiger partial charge on any atom is -0.396 e. The lowest BCUT2D eigenvalue weighted by molar-refractivity contribution is 1.15. The average molecular weight is 276 g/mol. The van der Waals surface area contributed by atoms with Gasteiger partial charge in [-0.05, 0) is 23.6 Å². The van der Waals surface area contributed by atoms with Gasteiger partial charge in [-0.25, -0.2) is 9.97 Å². The number of benzene rings is 2. The molecule has 0 saturated carbocycles. The first-order chi connectivity index (χ1) is 10.3. The van der Waals surface area contributed by atoms with Gasteiger partial charge >= 0.3 is 0 Å². The van der Waals surface area contributed by atoms with E-state index in [0.717, 1.165) is 12.1 Å². The molecule has 0 bridgehead atoms. The standard InChI is InChI=1S/C17H16N4/c18-15-11-19-17(20-12-15)21-16-9-5-4-8-14(16)10-13-6-2-1-3-7-13/h1-9,11-12H,10,18H2,(H,19,20,21). The Kier molecular flexibility index (Phi) is 3.78. The van der Waals surface area contributed by atoms with Crippen LogP contribution in [0.4, 0.5) is 17.3 Å². The number of para-hydroxylation sites is 1. The maximum absolute atomic E-state index is 5.60. The SMILES string of the molecule is Nc1cnc(Nc2ccccc2Cc2ccccc2)nc1. The van der Waals surface area contributed by atoms with Gasteiger partial charge in [0.25, 0.3) is 0 Å². The molecule has 0 unspecified atom stereocenters. The van der Waals surface area contributed by atoms with Gasteiger partial charge < -0.3 is 11.1 Å². The van der Waals surface area contributed by atoms with Gasteiger partial charge in [0.05, 0.1) is 18.1 Å². The van der Waals surface area contributed by atoms with E-state index in [2.05, 4.69) is 45.6 Å². The number of nitrogen functional groups attached to an aromatic ring is 1. The molecule has 0 saturated heterocycles. The molecule has 0 amide bonds. The Morgan fingerprint density at radius 2 is 1.52 bits per heavy atom. The summed E-state index contributed by atoms with van der Waals surface area (Å²) in [6.07, 6.45) is 4.04. The highest BCUT2D eigenvalue weighted by Gasteiger charge is 2.04. The van der Waals surface area contributed by atoms with Crippen molar-refractivity contribution in [3.8, 4) is 0 Å². The first kappa shape index (κ1) is 13.1. The minimum atomic E-state index is 0.546. The third kappa shape index (κ3) is 3.36. The Morgan fingerprint density at radius 1 is 0.857 bits per heavy atom. The third-order valence-electron chi connectivity index (χ3n) is 3.17. The Morgan fingerprint density at radius 3 is 2.29 bits per heavy atom. The predicted octanol–water partition coefficient (Wildman–Crippen LogP) is 3.39. The number of rotatable bonds is 4. The van der Waals surface area contributed by atoms with E-state index in [1.807, 2.05) is 24.3 Å². The van der Waals surface area contributed by atoms with E-state index in [9.17, 15) is 0 Å². The molecule has 3 aromatic rings. The molecule has 104 valence electrons. The molecule has 3 rings (SSSR count). The molecule has 0 atom stereocenters. The fraction of sp³-hybridized carbons (Fsp3) is 0.0588. The number of hydrogen-bond acceptors (Lipinski definition) is 4. The molecule has 0 aliphatic carbocycles. The smallest absolute Gasteiger partial charge is 0.227 e. The zero-order chi connectivity index (χ0) is 14.5. The fourth-order valence-electron chi connectivity index (χ4n) is 2.14. The largest absolute Gasteiger partial charge is 0.396 e. The van der Waals surface area contributed by atoms with Crippen LogP contribution in [0.1, 0.15) is 11.1 Å². The van der Waals surface area contributed by atoms with Crippen molar-refractivity contribution < 1.29 is 0 Å². The zero-order valence-electron chi connectivity index (χ0n) is 11.5. The maximum Gasteiger partial charge on any atom is 0.227 e. The molecular weight excluding hydrogens is 260 g/mol. The maximum atomic E-state index is 5.60. The first-order valence-electron chi connectivity index (χ1n) is 6.77. The van der Waals surface area contributed by atoms with Crippen molar-refractivity contribution in [3.05, 3.63) is 78.1 Å². The van der Waals surface area contributed by atoms with Crippen molar-refractivity contribution in [1.82, 2.24) is 9.97 Å². The van der Waals surface area contributed by atoms with Crippen LogP contribution in [0.2, 0.25) is 0 Å². The van der Waals surface area contributed by atoms with Crippen molar-refractivity contribution in [1.29, 1.82) is 0 Å². The van der Waals surface area contributed by atoms with Crippen molar-refractivity contribution in [2.24, 2.45) is 0 Å². The first-order valence-corrected chi connectivity index (χ1v) is 6.77. The summed E-state index contributed by atoms with van der Waals surface area (Å²) in [6, 6.07) is 18.5. The molecular formula is C17H16N4. The van der Waals surface area contributed by atoms with Crippen LogP contribution < -0.4 is 11.1 Å². The molecule has 1 aromatic heterocycles. The Labute approximate surface area is 123 Å². The van der Waals surface area contributed by atoms with Gasteiger partial charge in [0, 0.05) is 5.69 Å². The zero-order valence-corrected chi connectivity index (χ0v) is 11.5. The van der Waals surface area contributed by atoms with Crippen LogP contribution >= 0.6 is 0 Å². The summed E-state index contributed by atoms with van der Waals surface area (Å²) in [6.45, 7) is 0. The number of aromatic nitrogens is 2. The molecule has 21 heavy (non-hydrogen) atoms. The lowest BCUT2D eigenvalue weighted by atomic mass is 10.0. The fourth-order valence-corrected chi connectivity index (χ4v) is 2.14. The van der Waals surface area contributed by atoms with Crippen molar-refractivity contribution in [3.63, 3.8) is 0 Å². The van der Waals surface area contributed by atoms with E-state index in [4.69, 9.17) is 5.73 Å². The van der Waals surface area contributed by atoms with Crippen molar-refractivity contribution >= 4 is 17.3 Å². The molecule has 0 spiro atoms. The van der Waals surface area contributed by atoms with Gasteiger partial charge in [0.2, 0.25) is 5.95 Å². The molecule has 4 nitrogen and oxygen atoms in total. The number of nitrogens with zero attached hydrogens (tertiary/aromatic N) is 2. The number of anilines is 3. The lowest BCUT2D eigenvalue weighted by Crippen LogP contribution is -2.01. The Balaban J connectivity index is 1.84. The van der Waals surface area contributed by atoms with Crippen LogP contribution in [-0.2, 0) is 6.42 Å². The Bertz CT molecular complexity index is 708. The van der Waals surface area contributed by atoms with Gasteiger partial charge in [0.1, 0.15) is 0 Å². The monoisotopic (exact) mass is 276 g/mol. The van der Waals surface area contributed by atoms with Crippen molar-refractivity contribution in [2.45, 2.75) is 6.42 Å². The third-order valence-corrected chi connectivity index (χ3v) is 3.17. The topological polar surface area (TPSA) is 63.8 Å². The average Bonchev–Trinajstić information content (AvgIpc) is 2.52. The summed E-state index contributed by atoms with van der Waals surface area (Å²) < 4.78 is 0. The highest BCUT2D eigenvalue weighted by Crippen LogP contribution is 2.21. The van der Waals surface area contributed by atoms with Gasteiger partial charge in [-0.15, -0.1) is 0 Å². The summed E-state index contributed by atoms with van der Waals surface area (Å²) in [5.41, 5.74) is 9.63. The van der Waals surface area contributed by atoms with Gasteiger partial charge in [-0.2, -0.15) is 0 Å². The number of nitrogens with two attached hydrogens (primary N) is 1. The van der Waals surface area contributed by atoms with E-state index >= 15 is 0 Å². The van der Waals surface area contributed by atoms with Crippen LogP contribution in [0.15, 0.2) is 67.0 Å². The molecule has 0 aliphatic rings. The van der Waals surface area contributed by atoms with E-state index in [1.54, 1.807) is 12.4 Å². The van der Waals surface area contributed by atoms with Crippen LogP contribution in [0, 0.1) is 0 Å². The molecule has 4 heteroatoms. The summed E-state index contributed by atoms with van der Waals surface area (Å²) >= 11 is 0. The van der Waals surface area contributed by atoms with E-state index in [-0.39, 0.29) is 0 Å². The summed E-state index contributed by atoms with van der Waals surface area (Å²) in [5, 5.41) is 3.24. The highest BCUT2D eigenvalue weighted by molar-refractivity contribution is 5.59. The highest BCUT2D eigenvalue weighted by atomic mass is 15.1. The van der Waals surface area contributed by atoms with Gasteiger partial charge in [-0.3, -0.25) is 0 Å². The van der Waals surface area contributed by atoms with Crippen LogP contribution in [-0.4, -0.2) is 9.97 Å². The molecule has 0 aliphatic heterocycles. The van der Waals surface area contributed by atoms with Crippen molar-refractivity contribution in [2.75, 3.05) is 11.1 Å². The summed E-state index contributed by atoms with van der Waals surface area (Å²) in [7, 11) is 0. The molecule has 2 aromatic carbocycles. The Hall–Kier alpha value is -2.88. The van der Waals surface area contributed by atoms with E-state index in [1.165, 1.54) is 11.1 Å². The van der Waals surface area contributed by atoms with Crippen LogP contribution in [0.25, 0.3) is 0 Å². The second-order valence-corrected chi connectivity index (χ2v) is 4.78. The van der Waals surface area contributed by atoms with E-state index in [0.29, 0.717) is 11.6 Å². The second kappa shape index (κ2) is 6.05. The second-order valence-electron chi connectivity index (χ2n) is 4.78. The number of nitrogens with one attached hydrogen (secondary N) is 1. The summed E-state index contributed by atoms with van der Waals surface area (Å²) in [4.78, 5) is 8.35. The number of hydrogen-bond donors (Lipinski definition) is 2. The predicted molar refractivity (Wildman–Crippen MR) is 85.4 cm³/mol.